The van der Waals surface area contributed by atoms with Crippen molar-refractivity contribution in [2.45, 2.75) is 31.7 Å². The van der Waals surface area contributed by atoms with E-state index in [0.717, 1.165) is 29.7 Å². The van der Waals surface area contributed by atoms with Crippen LogP contribution in [0.1, 0.15) is 35.4 Å². The number of benzene rings is 2. The van der Waals surface area contributed by atoms with Gasteiger partial charge >= 0.3 is 0 Å². The van der Waals surface area contributed by atoms with E-state index in [1.165, 1.54) is 6.07 Å². The van der Waals surface area contributed by atoms with Crippen molar-refractivity contribution in [2.75, 3.05) is 5.32 Å². The Morgan fingerprint density at radius 2 is 1.95 bits per heavy atom. The molecular weight excluding hydrogens is 263 g/mol. The second kappa shape index (κ2) is 5.57. The predicted octanol–water partition coefficient (Wildman–Crippen LogP) is 4.36. The van der Waals surface area contributed by atoms with E-state index in [-0.39, 0.29) is 5.82 Å². The first-order chi connectivity index (χ1) is 10.2. The normalized spacial score (nSPS) is 20.4. The summed E-state index contributed by atoms with van der Waals surface area (Å²) in [5.41, 5.74) is 3.61. The third-order valence-corrected chi connectivity index (χ3v) is 4.21. The second-order valence-corrected chi connectivity index (χ2v) is 5.67. The van der Waals surface area contributed by atoms with Gasteiger partial charge in [0.25, 0.3) is 0 Å². The molecule has 0 aliphatic heterocycles. The second-order valence-electron chi connectivity index (χ2n) is 5.67. The van der Waals surface area contributed by atoms with E-state index in [4.69, 9.17) is 5.26 Å². The van der Waals surface area contributed by atoms with Gasteiger partial charge in [0.05, 0.1) is 11.6 Å². The van der Waals surface area contributed by atoms with Crippen LogP contribution in [-0.2, 0) is 0 Å². The third kappa shape index (κ3) is 2.75. The van der Waals surface area contributed by atoms with Crippen LogP contribution in [0.2, 0.25) is 0 Å². The summed E-state index contributed by atoms with van der Waals surface area (Å²) in [5.74, 6) is 0.187. The lowest BCUT2D eigenvalue weighted by Gasteiger charge is -2.37. The Bertz CT molecular complexity index is 697. The molecule has 21 heavy (non-hydrogen) atoms. The average Bonchev–Trinajstić information content (AvgIpc) is 2.45. The Labute approximate surface area is 124 Å². The number of nitrogens with zero attached hydrogens (tertiary/aromatic N) is 1. The van der Waals surface area contributed by atoms with Crippen LogP contribution < -0.4 is 5.32 Å². The summed E-state index contributed by atoms with van der Waals surface area (Å²) in [7, 11) is 0. The number of halogens is 1. The van der Waals surface area contributed by atoms with Crippen LogP contribution in [0.25, 0.3) is 0 Å². The summed E-state index contributed by atoms with van der Waals surface area (Å²) in [6.07, 6.45) is 1.86. The number of anilines is 1. The van der Waals surface area contributed by atoms with Gasteiger partial charge in [0.1, 0.15) is 5.82 Å². The van der Waals surface area contributed by atoms with Crippen LogP contribution in [0, 0.1) is 24.1 Å². The Kier molecular flexibility index (Phi) is 3.62. The fourth-order valence-electron chi connectivity index (χ4n) is 2.86. The lowest BCUT2D eigenvalue weighted by Crippen LogP contribution is -2.34. The van der Waals surface area contributed by atoms with Crippen LogP contribution in [0.5, 0.6) is 0 Å². The van der Waals surface area contributed by atoms with Crippen molar-refractivity contribution in [1.29, 1.82) is 5.26 Å². The van der Waals surface area contributed by atoms with Crippen molar-refractivity contribution in [2.24, 2.45) is 0 Å². The molecule has 0 radical (unpaired) electrons. The zero-order valence-electron chi connectivity index (χ0n) is 11.9. The van der Waals surface area contributed by atoms with Crippen LogP contribution in [0.4, 0.5) is 10.1 Å². The maximum Gasteiger partial charge on any atom is 0.126 e. The lowest BCUT2D eigenvalue weighted by atomic mass is 9.75. The van der Waals surface area contributed by atoms with Crippen molar-refractivity contribution >= 4 is 5.69 Å². The number of hydrogen-bond acceptors (Lipinski definition) is 2. The van der Waals surface area contributed by atoms with Gasteiger partial charge in [0.15, 0.2) is 0 Å². The van der Waals surface area contributed by atoms with E-state index in [9.17, 15) is 4.39 Å². The molecule has 2 aromatic carbocycles. The predicted molar refractivity (Wildman–Crippen MR) is 81.7 cm³/mol. The largest absolute Gasteiger partial charge is 0.382 e. The van der Waals surface area contributed by atoms with E-state index in [1.54, 1.807) is 6.07 Å². The monoisotopic (exact) mass is 280 g/mol. The summed E-state index contributed by atoms with van der Waals surface area (Å²) in [6, 6.07) is 15.2. The molecule has 106 valence electrons. The fraction of sp³-hybridized carbons (Fsp3) is 0.278. The first-order valence-electron chi connectivity index (χ1n) is 7.19. The molecule has 0 atom stereocenters. The van der Waals surface area contributed by atoms with Crippen LogP contribution >= 0.6 is 0 Å². The van der Waals surface area contributed by atoms with Crippen LogP contribution in [0.15, 0.2) is 42.5 Å². The first kappa shape index (κ1) is 13.6. The molecule has 2 nitrogen and oxygen atoms in total. The standard InChI is InChI=1S/C18H17FN2/c1-12-6-7-13(11-20)8-18(12)21-15-9-14(10-15)16-4-2-3-5-17(16)19/h2-8,14-15,21H,9-10H2,1H3. The Balaban J connectivity index is 1.66. The number of hydrogen-bond donors (Lipinski definition) is 1. The van der Waals surface area contributed by atoms with Gasteiger partial charge < -0.3 is 5.32 Å². The Hall–Kier alpha value is -2.34. The lowest BCUT2D eigenvalue weighted by molar-refractivity contribution is 0.363. The molecule has 0 heterocycles. The molecule has 0 amide bonds. The van der Waals surface area contributed by atoms with Crippen molar-refractivity contribution < 1.29 is 4.39 Å². The first-order valence-corrected chi connectivity index (χ1v) is 7.19. The zero-order valence-corrected chi connectivity index (χ0v) is 11.9. The number of nitrogens with one attached hydrogen (secondary N) is 1. The minimum atomic E-state index is -0.108. The molecule has 1 N–H and O–H groups in total. The number of rotatable bonds is 3. The highest BCUT2D eigenvalue weighted by atomic mass is 19.1. The molecule has 0 aromatic heterocycles. The van der Waals surface area contributed by atoms with Crippen molar-refractivity contribution in [3.8, 4) is 6.07 Å². The maximum atomic E-state index is 13.7. The average molecular weight is 280 g/mol. The molecule has 0 saturated heterocycles. The van der Waals surface area contributed by atoms with Crippen molar-refractivity contribution in [1.82, 2.24) is 0 Å². The van der Waals surface area contributed by atoms with Gasteiger partial charge in [-0.2, -0.15) is 5.26 Å². The Morgan fingerprint density at radius 1 is 1.19 bits per heavy atom. The molecule has 1 aliphatic rings. The van der Waals surface area contributed by atoms with E-state index in [1.807, 2.05) is 37.3 Å². The van der Waals surface area contributed by atoms with Crippen LogP contribution in [-0.4, -0.2) is 6.04 Å². The zero-order chi connectivity index (χ0) is 14.8. The smallest absolute Gasteiger partial charge is 0.126 e. The molecular formula is C18H17FN2. The minimum absolute atomic E-state index is 0.108. The van der Waals surface area contributed by atoms with Gasteiger partial charge in [-0.3, -0.25) is 0 Å². The van der Waals surface area contributed by atoms with E-state index < -0.39 is 0 Å². The third-order valence-electron chi connectivity index (χ3n) is 4.21. The minimum Gasteiger partial charge on any atom is -0.382 e. The van der Waals surface area contributed by atoms with E-state index in [0.29, 0.717) is 17.5 Å². The maximum absolute atomic E-state index is 13.7. The number of nitriles is 1. The fourth-order valence-corrected chi connectivity index (χ4v) is 2.86. The summed E-state index contributed by atoms with van der Waals surface area (Å²) >= 11 is 0. The van der Waals surface area contributed by atoms with E-state index >= 15 is 0 Å². The SMILES string of the molecule is Cc1ccc(C#N)cc1NC1CC(c2ccccc2F)C1. The highest BCUT2D eigenvalue weighted by molar-refractivity contribution is 5.56. The molecule has 1 fully saturated rings. The molecule has 3 rings (SSSR count). The summed E-state index contributed by atoms with van der Waals surface area (Å²) < 4.78 is 13.7. The highest BCUT2D eigenvalue weighted by Gasteiger charge is 2.31. The van der Waals surface area contributed by atoms with Crippen molar-refractivity contribution in [3.63, 3.8) is 0 Å². The quantitative estimate of drug-likeness (QED) is 0.906. The molecule has 0 unspecified atom stereocenters. The highest BCUT2D eigenvalue weighted by Crippen LogP contribution is 2.39. The van der Waals surface area contributed by atoms with Gasteiger partial charge in [-0.05, 0) is 55.0 Å². The molecule has 0 bridgehead atoms. The molecule has 3 heteroatoms. The van der Waals surface area contributed by atoms with E-state index in [2.05, 4.69) is 11.4 Å². The van der Waals surface area contributed by atoms with Gasteiger partial charge in [-0.15, -0.1) is 0 Å². The van der Waals surface area contributed by atoms with Gasteiger partial charge in [-0.1, -0.05) is 24.3 Å². The molecule has 1 aliphatic carbocycles. The van der Waals surface area contributed by atoms with Gasteiger partial charge in [-0.25, -0.2) is 4.39 Å². The van der Waals surface area contributed by atoms with Gasteiger partial charge in [0, 0.05) is 11.7 Å². The summed E-state index contributed by atoms with van der Waals surface area (Å²) in [6.45, 7) is 2.02. The summed E-state index contributed by atoms with van der Waals surface area (Å²) in [5, 5.41) is 12.4. The summed E-state index contributed by atoms with van der Waals surface area (Å²) in [4.78, 5) is 0. The molecule has 0 spiro atoms. The van der Waals surface area contributed by atoms with Crippen molar-refractivity contribution in [3.05, 3.63) is 65.0 Å². The van der Waals surface area contributed by atoms with Gasteiger partial charge in [0.2, 0.25) is 0 Å². The topological polar surface area (TPSA) is 35.8 Å². The molecule has 1 saturated carbocycles. The Morgan fingerprint density at radius 3 is 2.67 bits per heavy atom. The molecule has 2 aromatic rings. The van der Waals surface area contributed by atoms with Crippen LogP contribution in [0.3, 0.4) is 0 Å². The number of aryl methyl sites for hydroxylation is 1.